The van der Waals surface area contributed by atoms with E-state index >= 15 is 0 Å². The van der Waals surface area contributed by atoms with Gasteiger partial charge in [0.05, 0.1) is 6.42 Å². The highest BCUT2D eigenvalue weighted by atomic mass is 19.4. The number of phenols is 2. The van der Waals surface area contributed by atoms with E-state index in [1.54, 1.807) is 18.2 Å². The number of halogens is 3. The average Bonchev–Trinajstić information content (AvgIpc) is 2.50. The lowest BCUT2D eigenvalue weighted by molar-refractivity contribution is -0.139. The summed E-state index contributed by atoms with van der Waals surface area (Å²) in [6.45, 7) is 0. The lowest BCUT2D eigenvalue weighted by atomic mass is 9.94. The Kier molecular flexibility index (Phi) is 3.33. The molecule has 1 aliphatic rings. The Bertz CT molecular complexity index is 769. The van der Waals surface area contributed by atoms with Crippen molar-refractivity contribution in [1.29, 1.82) is 0 Å². The van der Waals surface area contributed by atoms with Crippen LogP contribution in [0.3, 0.4) is 0 Å². The predicted molar refractivity (Wildman–Crippen MR) is 71.2 cm³/mol. The molecule has 0 saturated heterocycles. The molecular weight excluding hydrogens is 313 g/mol. The van der Waals surface area contributed by atoms with Crippen molar-refractivity contribution in [2.24, 2.45) is 0 Å². The van der Waals surface area contributed by atoms with Crippen LogP contribution < -0.4 is 4.74 Å². The van der Waals surface area contributed by atoms with Gasteiger partial charge in [-0.25, -0.2) is 0 Å². The SMILES string of the molecule is O=C1CC(c2c#cccc2)Oc2c(O)c(C(F)(F)F)cc(O)c21. The van der Waals surface area contributed by atoms with Gasteiger partial charge in [0.15, 0.2) is 17.3 Å². The fraction of sp³-hybridized carbons (Fsp3) is 0.188. The van der Waals surface area contributed by atoms with E-state index in [2.05, 4.69) is 12.1 Å². The van der Waals surface area contributed by atoms with Crippen molar-refractivity contribution in [1.82, 2.24) is 0 Å². The van der Waals surface area contributed by atoms with Gasteiger partial charge in [0.25, 0.3) is 0 Å². The molecule has 7 heteroatoms. The molecule has 2 N–H and O–H groups in total. The number of carbonyl (C=O) groups excluding carboxylic acids is 1. The van der Waals surface area contributed by atoms with Crippen molar-refractivity contribution >= 4 is 5.78 Å². The number of ketones is 1. The first-order chi connectivity index (χ1) is 10.8. The highest BCUT2D eigenvalue weighted by Crippen LogP contribution is 2.50. The predicted octanol–water partition coefficient (Wildman–Crippen LogP) is 3.42. The van der Waals surface area contributed by atoms with Crippen molar-refractivity contribution in [3.05, 3.63) is 53.1 Å². The fourth-order valence-electron chi connectivity index (χ4n) is 2.42. The molecule has 0 fully saturated rings. The van der Waals surface area contributed by atoms with E-state index in [-0.39, 0.29) is 6.42 Å². The van der Waals surface area contributed by atoms with E-state index in [9.17, 15) is 28.2 Å². The Labute approximate surface area is 128 Å². The number of hydrogen-bond acceptors (Lipinski definition) is 4. The molecule has 0 aliphatic carbocycles. The normalized spacial score (nSPS) is 17.2. The van der Waals surface area contributed by atoms with E-state index in [4.69, 9.17) is 4.74 Å². The number of phenolic OH excluding ortho intramolecular Hbond substituents is 2. The highest BCUT2D eigenvalue weighted by molar-refractivity contribution is 6.03. The van der Waals surface area contributed by atoms with Crippen LogP contribution >= 0.6 is 0 Å². The number of ether oxygens (including phenoxy) is 1. The molecular formula is C16H9F3O4. The summed E-state index contributed by atoms with van der Waals surface area (Å²) in [4.78, 5) is 12.1. The first-order valence-corrected chi connectivity index (χ1v) is 6.53. The molecule has 1 aliphatic heterocycles. The van der Waals surface area contributed by atoms with Gasteiger partial charge in [0.1, 0.15) is 23.0 Å². The third-order valence-corrected chi connectivity index (χ3v) is 3.47. The number of fused-ring (bicyclic) bond motifs is 1. The van der Waals surface area contributed by atoms with Crippen LogP contribution in [-0.4, -0.2) is 16.0 Å². The number of alkyl halides is 3. The van der Waals surface area contributed by atoms with Crippen molar-refractivity contribution in [3.63, 3.8) is 0 Å². The lowest BCUT2D eigenvalue weighted by Crippen LogP contribution is -2.21. The molecule has 23 heavy (non-hydrogen) atoms. The monoisotopic (exact) mass is 322 g/mol. The van der Waals surface area contributed by atoms with Gasteiger partial charge in [-0.05, 0) is 18.2 Å². The zero-order valence-corrected chi connectivity index (χ0v) is 11.4. The van der Waals surface area contributed by atoms with Gasteiger partial charge in [-0.3, -0.25) is 4.79 Å². The van der Waals surface area contributed by atoms with Crippen LogP contribution in [0.25, 0.3) is 0 Å². The topological polar surface area (TPSA) is 66.8 Å². The molecule has 0 bridgehead atoms. The van der Waals surface area contributed by atoms with E-state index in [1.807, 2.05) is 0 Å². The van der Waals surface area contributed by atoms with Crippen LogP contribution in [0.2, 0.25) is 0 Å². The Morgan fingerprint density at radius 3 is 2.65 bits per heavy atom. The first kappa shape index (κ1) is 15.0. The molecule has 0 saturated carbocycles. The van der Waals surface area contributed by atoms with Crippen LogP contribution in [0.4, 0.5) is 13.2 Å². The molecule has 0 spiro atoms. The Morgan fingerprint density at radius 1 is 1.30 bits per heavy atom. The Hall–Kier alpha value is -2.88. The molecule has 118 valence electrons. The second kappa shape index (κ2) is 5.09. The number of hydrogen-bond donors (Lipinski definition) is 2. The summed E-state index contributed by atoms with van der Waals surface area (Å²) in [5, 5.41) is 19.6. The molecule has 1 heterocycles. The van der Waals surface area contributed by atoms with Gasteiger partial charge in [0.2, 0.25) is 0 Å². The highest BCUT2D eigenvalue weighted by Gasteiger charge is 2.41. The summed E-state index contributed by atoms with van der Waals surface area (Å²) >= 11 is 0. The van der Waals surface area contributed by atoms with Crippen LogP contribution in [0.1, 0.15) is 34.0 Å². The van der Waals surface area contributed by atoms with Crippen molar-refractivity contribution in [2.45, 2.75) is 18.7 Å². The Balaban J connectivity index is 2.13. The van der Waals surface area contributed by atoms with Gasteiger partial charge in [-0.1, -0.05) is 18.2 Å². The standard InChI is InChI=1S/C16H9F3O4/c17-16(18,19)9-6-10(20)13-11(21)7-12(23-15(13)14(9)22)8-4-2-1-3-5-8/h1-2,4,6,12,20,22H,7H2. The van der Waals surface area contributed by atoms with Crippen LogP contribution in [0.5, 0.6) is 17.2 Å². The molecule has 1 atom stereocenters. The van der Waals surface area contributed by atoms with Gasteiger partial charge in [0, 0.05) is 5.56 Å². The maximum Gasteiger partial charge on any atom is 0.420 e. The van der Waals surface area contributed by atoms with E-state index in [0.717, 1.165) is 0 Å². The number of rotatable bonds is 1. The van der Waals surface area contributed by atoms with Crippen molar-refractivity contribution < 1.29 is 32.9 Å². The van der Waals surface area contributed by atoms with Gasteiger partial charge >= 0.3 is 6.18 Å². The van der Waals surface area contributed by atoms with Crippen LogP contribution in [-0.2, 0) is 6.18 Å². The maximum absolute atomic E-state index is 12.9. The van der Waals surface area contributed by atoms with Gasteiger partial charge in [-0.15, -0.1) is 0 Å². The van der Waals surface area contributed by atoms with Crippen molar-refractivity contribution in [2.75, 3.05) is 0 Å². The Morgan fingerprint density at radius 2 is 2.04 bits per heavy atom. The first-order valence-electron chi connectivity index (χ1n) is 6.53. The second-order valence-electron chi connectivity index (χ2n) is 4.98. The summed E-state index contributed by atoms with van der Waals surface area (Å²) < 4.78 is 44.0. The summed E-state index contributed by atoms with van der Waals surface area (Å²) in [5.74, 6) is -3.40. The van der Waals surface area contributed by atoms with Crippen LogP contribution in [0, 0.1) is 12.1 Å². The number of Topliss-reactive ketones (excluding diaryl/α,β-unsaturated/α-hetero) is 1. The minimum atomic E-state index is -4.90. The summed E-state index contributed by atoms with van der Waals surface area (Å²) in [5.41, 5.74) is -1.51. The smallest absolute Gasteiger partial charge is 0.420 e. The molecule has 4 nitrogen and oxygen atoms in total. The largest absolute Gasteiger partial charge is 0.507 e. The molecule has 1 unspecified atom stereocenters. The second-order valence-corrected chi connectivity index (χ2v) is 4.98. The lowest BCUT2D eigenvalue weighted by Gasteiger charge is -2.27. The quantitative estimate of drug-likeness (QED) is 0.790. The zero-order chi connectivity index (χ0) is 16.8. The molecule has 2 aromatic rings. The summed E-state index contributed by atoms with van der Waals surface area (Å²) in [6, 6.07) is 10.4. The van der Waals surface area contributed by atoms with E-state index in [0.29, 0.717) is 11.6 Å². The minimum Gasteiger partial charge on any atom is -0.507 e. The summed E-state index contributed by atoms with van der Waals surface area (Å²) in [7, 11) is 0. The van der Waals surface area contributed by atoms with Gasteiger partial charge < -0.3 is 14.9 Å². The minimum absolute atomic E-state index is 0.195. The summed E-state index contributed by atoms with van der Waals surface area (Å²) in [6.07, 6.45) is -6.01. The molecule has 3 rings (SSSR count). The fourth-order valence-corrected chi connectivity index (χ4v) is 2.42. The van der Waals surface area contributed by atoms with Crippen molar-refractivity contribution in [3.8, 4) is 17.2 Å². The van der Waals surface area contributed by atoms with Crippen LogP contribution in [0.15, 0.2) is 24.3 Å². The molecule has 0 radical (unpaired) electrons. The molecule has 0 aromatic heterocycles. The maximum atomic E-state index is 12.9. The molecule has 2 aromatic carbocycles. The van der Waals surface area contributed by atoms with E-state index in [1.165, 1.54) is 0 Å². The third kappa shape index (κ3) is 2.52. The van der Waals surface area contributed by atoms with Gasteiger partial charge in [-0.2, -0.15) is 13.2 Å². The third-order valence-electron chi connectivity index (χ3n) is 3.47. The number of carbonyl (C=O) groups is 1. The number of benzene rings is 1. The molecule has 0 amide bonds. The number of aromatic hydroxyl groups is 2. The zero-order valence-electron chi connectivity index (χ0n) is 11.4. The average molecular weight is 322 g/mol. The van der Waals surface area contributed by atoms with E-state index < -0.39 is 46.4 Å².